The molecular weight excluding hydrogens is 825 g/mol. The summed E-state index contributed by atoms with van der Waals surface area (Å²) in [5.41, 5.74) is 13.8. The number of rotatable bonds is 10. The molecule has 0 bridgehead atoms. The minimum atomic E-state index is -5.07. The number of phenols is 1. The van der Waals surface area contributed by atoms with Gasteiger partial charge in [-0.1, -0.05) is 48.5 Å². The average molecular weight is 853 g/mol. The van der Waals surface area contributed by atoms with Gasteiger partial charge in [-0.3, -0.25) is 13.7 Å². The maximum atomic E-state index is 12.5. The number of nitrogens with two attached hydrogens (primary N) is 2. The van der Waals surface area contributed by atoms with E-state index in [9.17, 15) is 44.0 Å². The zero-order chi connectivity index (χ0) is 42.3. The molecular formula is C38H28N8O10S3. The van der Waals surface area contributed by atoms with Crippen LogP contribution < -0.4 is 11.5 Å². The lowest BCUT2D eigenvalue weighted by molar-refractivity contribution is 0.472. The van der Waals surface area contributed by atoms with Crippen molar-refractivity contribution in [1.29, 1.82) is 0 Å². The van der Waals surface area contributed by atoms with Crippen molar-refractivity contribution in [2.45, 2.75) is 14.7 Å². The van der Waals surface area contributed by atoms with Gasteiger partial charge in [0.2, 0.25) is 0 Å². The fraction of sp³-hybridized carbons (Fsp3) is 0. The molecule has 0 aliphatic heterocycles. The van der Waals surface area contributed by atoms with Crippen molar-refractivity contribution in [2.75, 3.05) is 11.5 Å². The molecule has 18 nitrogen and oxygen atoms in total. The summed E-state index contributed by atoms with van der Waals surface area (Å²) >= 11 is 0. The highest BCUT2D eigenvalue weighted by Gasteiger charge is 2.28. The van der Waals surface area contributed by atoms with E-state index in [1.807, 2.05) is 0 Å². The van der Waals surface area contributed by atoms with Crippen molar-refractivity contribution in [1.82, 2.24) is 0 Å². The van der Waals surface area contributed by atoms with Crippen LogP contribution in [0.4, 0.5) is 45.5 Å². The van der Waals surface area contributed by atoms with Crippen LogP contribution in [0.3, 0.4) is 0 Å². The Morgan fingerprint density at radius 2 is 0.983 bits per heavy atom. The number of hydrogen-bond donors (Lipinski definition) is 6. The Hall–Kier alpha value is -7.01. The maximum Gasteiger partial charge on any atom is 0.296 e. The van der Waals surface area contributed by atoms with Gasteiger partial charge in [0, 0.05) is 16.5 Å². The maximum absolute atomic E-state index is 12.5. The molecule has 0 amide bonds. The number of benzene rings is 7. The number of hydrogen-bond acceptors (Lipinski definition) is 15. The molecule has 0 heterocycles. The first-order valence-corrected chi connectivity index (χ1v) is 21.1. The van der Waals surface area contributed by atoms with E-state index in [2.05, 4.69) is 30.7 Å². The van der Waals surface area contributed by atoms with Gasteiger partial charge in [-0.25, -0.2) is 0 Å². The minimum absolute atomic E-state index is 0.225. The lowest BCUT2D eigenvalue weighted by Crippen LogP contribution is -2.03. The lowest BCUT2D eigenvalue weighted by atomic mass is 10.0. The summed E-state index contributed by atoms with van der Waals surface area (Å²) in [5, 5.41) is 35.9. The second-order valence-corrected chi connectivity index (χ2v) is 16.8. The predicted molar refractivity (Wildman–Crippen MR) is 219 cm³/mol. The number of azo groups is 3. The normalized spacial score (nSPS) is 12.7. The van der Waals surface area contributed by atoms with E-state index in [4.69, 9.17) is 11.5 Å². The predicted octanol–water partition coefficient (Wildman–Crippen LogP) is 9.52. The van der Waals surface area contributed by atoms with Crippen molar-refractivity contribution in [2.24, 2.45) is 30.7 Å². The molecule has 8 N–H and O–H groups in total. The molecule has 0 aliphatic rings. The van der Waals surface area contributed by atoms with E-state index in [1.54, 1.807) is 91.0 Å². The van der Waals surface area contributed by atoms with Crippen LogP contribution >= 0.6 is 0 Å². The Bertz CT molecular complexity index is 3260. The molecule has 21 heteroatoms. The second kappa shape index (κ2) is 15.4. The van der Waals surface area contributed by atoms with Gasteiger partial charge < -0.3 is 16.6 Å². The third-order valence-corrected chi connectivity index (χ3v) is 11.4. The molecule has 0 fully saturated rings. The topological polar surface area (TPSA) is 310 Å². The number of aromatic hydroxyl groups is 1. The Labute approximate surface area is 335 Å². The van der Waals surface area contributed by atoms with Crippen molar-refractivity contribution in [3.63, 3.8) is 0 Å². The minimum Gasteiger partial charge on any atom is -0.505 e. The molecule has 0 radical (unpaired) electrons. The Morgan fingerprint density at radius 1 is 0.475 bits per heavy atom. The smallest absolute Gasteiger partial charge is 0.296 e. The van der Waals surface area contributed by atoms with Gasteiger partial charge in [0.15, 0.2) is 5.75 Å². The molecule has 0 saturated carbocycles. The van der Waals surface area contributed by atoms with Crippen LogP contribution in [0.25, 0.3) is 32.7 Å². The van der Waals surface area contributed by atoms with E-state index >= 15 is 0 Å². The van der Waals surface area contributed by atoms with Gasteiger partial charge in [-0.15, -0.1) is 15.3 Å². The highest BCUT2D eigenvalue weighted by molar-refractivity contribution is 7.86. The number of nitrogen functional groups attached to an aromatic ring is 2. The van der Waals surface area contributed by atoms with Gasteiger partial charge in [0.25, 0.3) is 30.4 Å². The molecule has 298 valence electrons. The SMILES string of the molecule is Nc1ccc(/N=N/c2ccc(-c3ccc(/N=N/c4c(S(=O)(=O)O)cc5cc(S(=O)(=O)O)c(/N=N/c6ccccc6)c(O)c5c4N)cc3)cc2)c2ccc(S(=O)(=O)O)cc12. The van der Waals surface area contributed by atoms with Crippen molar-refractivity contribution >= 4 is 97.4 Å². The molecule has 0 saturated heterocycles. The van der Waals surface area contributed by atoms with Crippen LogP contribution in [0.15, 0.2) is 167 Å². The zero-order valence-corrected chi connectivity index (χ0v) is 32.3. The lowest BCUT2D eigenvalue weighted by Gasteiger charge is -2.14. The highest BCUT2D eigenvalue weighted by Crippen LogP contribution is 2.48. The first-order valence-electron chi connectivity index (χ1n) is 16.8. The van der Waals surface area contributed by atoms with Crippen molar-refractivity contribution < 1.29 is 44.0 Å². The van der Waals surface area contributed by atoms with Crippen LogP contribution in [0, 0.1) is 0 Å². The standard InChI is InChI=1S/C38H28N8O10S3/c39-30-16-17-31(28-15-14-27(20-29(28)30)57(48,49)50)44-41-25-10-6-21(7-11-25)22-8-12-26(13-9-22)43-45-36-32(58(51,52)53)18-23-19-33(59(54,55)56)37(38(47)34(23)35(36)40)46-42-24-4-2-1-3-5-24/h1-20,47H,39-40H2,(H,48,49,50)(H,51,52,53)(H,54,55,56)/b44-41+,45-43+,46-42+. The molecule has 7 aromatic carbocycles. The van der Waals surface area contributed by atoms with E-state index < -0.39 is 63.0 Å². The first-order chi connectivity index (χ1) is 27.9. The molecule has 7 aromatic rings. The van der Waals surface area contributed by atoms with E-state index in [1.165, 1.54) is 18.2 Å². The van der Waals surface area contributed by atoms with Gasteiger partial charge in [0.05, 0.1) is 38.7 Å². The summed E-state index contributed by atoms with van der Waals surface area (Å²) < 4.78 is 102. The van der Waals surface area contributed by atoms with Crippen LogP contribution in [-0.4, -0.2) is 44.0 Å². The fourth-order valence-corrected chi connectivity index (χ4v) is 7.78. The quantitative estimate of drug-likeness (QED) is 0.0425. The van der Waals surface area contributed by atoms with Gasteiger partial charge in [-0.05, 0) is 89.3 Å². The molecule has 0 atom stereocenters. The summed E-state index contributed by atoms with van der Waals surface area (Å²) in [4.78, 5) is -2.08. The summed E-state index contributed by atoms with van der Waals surface area (Å²) in [6, 6.07) is 30.4. The van der Waals surface area contributed by atoms with Gasteiger partial charge in [0.1, 0.15) is 21.2 Å². The van der Waals surface area contributed by atoms with Crippen LogP contribution in [0.5, 0.6) is 5.75 Å². The number of phenolic OH excluding ortho intramolecular Hbond substituents is 1. The largest absolute Gasteiger partial charge is 0.505 e. The average Bonchev–Trinajstić information content (AvgIpc) is 3.19. The zero-order valence-electron chi connectivity index (χ0n) is 29.8. The highest BCUT2D eigenvalue weighted by atomic mass is 32.2. The monoisotopic (exact) mass is 852 g/mol. The summed E-state index contributed by atoms with van der Waals surface area (Å²) in [6.07, 6.45) is 0. The third kappa shape index (κ3) is 8.50. The van der Waals surface area contributed by atoms with Crippen LogP contribution in [0.1, 0.15) is 0 Å². The van der Waals surface area contributed by atoms with Gasteiger partial charge in [-0.2, -0.15) is 40.6 Å². The number of nitrogens with zero attached hydrogens (tertiary/aromatic N) is 6. The fourth-order valence-electron chi connectivity index (χ4n) is 5.95. The van der Waals surface area contributed by atoms with Crippen molar-refractivity contribution in [3.05, 3.63) is 121 Å². The molecule has 0 unspecified atom stereocenters. The molecule has 59 heavy (non-hydrogen) atoms. The second-order valence-electron chi connectivity index (χ2n) is 12.6. The summed E-state index contributed by atoms with van der Waals surface area (Å²) in [6.45, 7) is 0. The van der Waals surface area contributed by atoms with E-state index in [0.717, 1.165) is 23.3 Å². The molecule has 7 rings (SSSR count). The van der Waals surface area contributed by atoms with E-state index in [-0.39, 0.29) is 27.0 Å². The Kier molecular flexibility index (Phi) is 10.5. The van der Waals surface area contributed by atoms with Crippen LogP contribution in [-0.2, 0) is 30.4 Å². The Morgan fingerprint density at radius 3 is 1.53 bits per heavy atom. The first kappa shape index (κ1) is 40.2. The van der Waals surface area contributed by atoms with E-state index in [0.29, 0.717) is 27.8 Å². The summed E-state index contributed by atoms with van der Waals surface area (Å²) in [5.74, 6) is -0.877. The summed E-state index contributed by atoms with van der Waals surface area (Å²) in [7, 11) is -14.6. The van der Waals surface area contributed by atoms with Crippen LogP contribution in [0.2, 0.25) is 0 Å². The number of fused-ring (bicyclic) bond motifs is 2. The molecule has 0 aromatic heterocycles. The molecule has 0 spiro atoms. The third-order valence-electron chi connectivity index (χ3n) is 8.79. The molecule has 0 aliphatic carbocycles. The number of anilines is 2. The van der Waals surface area contributed by atoms with Crippen molar-refractivity contribution in [3.8, 4) is 16.9 Å². The Balaban J connectivity index is 1.17. The van der Waals surface area contributed by atoms with Gasteiger partial charge >= 0.3 is 0 Å².